The van der Waals surface area contributed by atoms with Crippen molar-refractivity contribution < 1.29 is 0 Å². The summed E-state index contributed by atoms with van der Waals surface area (Å²) in [5.74, 6) is 1.82. The first-order valence-electron chi connectivity index (χ1n) is 6.54. The van der Waals surface area contributed by atoms with Crippen molar-refractivity contribution in [1.82, 2.24) is 14.8 Å². The number of nitrogens with zero attached hydrogens (tertiary/aromatic N) is 3. The Morgan fingerprint density at radius 2 is 2.11 bits per heavy atom. The lowest BCUT2D eigenvalue weighted by Crippen LogP contribution is -2.24. The molecular weight excluding hydrogens is 224 g/mol. The number of rotatable bonds is 2. The smallest absolute Gasteiger partial charge is 0.221 e. The summed E-state index contributed by atoms with van der Waals surface area (Å²) < 4.78 is 2.03. The second-order valence-electron chi connectivity index (χ2n) is 4.79. The Kier molecular flexibility index (Phi) is 2.78. The van der Waals surface area contributed by atoms with Crippen LogP contribution in [0.3, 0.4) is 0 Å². The molecule has 0 amide bonds. The first kappa shape index (κ1) is 11.3. The highest BCUT2D eigenvalue weighted by Crippen LogP contribution is 2.28. The van der Waals surface area contributed by atoms with Crippen LogP contribution in [0.5, 0.6) is 0 Å². The molecule has 18 heavy (non-hydrogen) atoms. The summed E-state index contributed by atoms with van der Waals surface area (Å²) in [6.07, 6.45) is 1.94. The summed E-state index contributed by atoms with van der Waals surface area (Å²) in [6, 6.07) is 9.03. The van der Waals surface area contributed by atoms with E-state index >= 15 is 0 Å². The zero-order valence-corrected chi connectivity index (χ0v) is 10.8. The molecule has 0 saturated heterocycles. The number of hydrogen-bond donors (Lipinski definition) is 1. The summed E-state index contributed by atoms with van der Waals surface area (Å²) >= 11 is 0. The van der Waals surface area contributed by atoms with Crippen molar-refractivity contribution in [2.45, 2.75) is 32.7 Å². The van der Waals surface area contributed by atoms with Gasteiger partial charge in [0, 0.05) is 13.0 Å². The van der Waals surface area contributed by atoms with Gasteiger partial charge >= 0.3 is 0 Å². The number of fused-ring (bicyclic) bond motifs is 1. The van der Waals surface area contributed by atoms with E-state index in [1.807, 2.05) is 4.68 Å². The van der Waals surface area contributed by atoms with E-state index in [4.69, 9.17) is 0 Å². The van der Waals surface area contributed by atoms with Crippen LogP contribution < -0.4 is 5.32 Å². The van der Waals surface area contributed by atoms with Gasteiger partial charge in [-0.25, -0.2) is 4.68 Å². The predicted molar refractivity (Wildman–Crippen MR) is 71.8 cm³/mol. The van der Waals surface area contributed by atoms with E-state index in [9.17, 15) is 0 Å². The Balaban J connectivity index is 2.00. The summed E-state index contributed by atoms with van der Waals surface area (Å²) in [6.45, 7) is 5.16. The number of anilines is 1. The highest BCUT2D eigenvalue weighted by Gasteiger charge is 2.23. The van der Waals surface area contributed by atoms with Crippen LogP contribution in [-0.4, -0.2) is 21.3 Å². The summed E-state index contributed by atoms with van der Waals surface area (Å²) in [5, 5.41) is 7.91. The summed E-state index contributed by atoms with van der Waals surface area (Å²) in [7, 11) is 0. The minimum atomic E-state index is 0.314. The number of aryl methyl sites for hydroxylation is 2. The highest BCUT2D eigenvalue weighted by atomic mass is 15.4. The van der Waals surface area contributed by atoms with Crippen molar-refractivity contribution in [3.05, 3.63) is 41.2 Å². The Morgan fingerprint density at radius 1 is 1.33 bits per heavy atom. The fourth-order valence-corrected chi connectivity index (χ4v) is 2.39. The first-order valence-corrected chi connectivity index (χ1v) is 6.54. The molecule has 1 aromatic carbocycles. The topological polar surface area (TPSA) is 42.7 Å². The Labute approximate surface area is 107 Å². The quantitative estimate of drug-likeness (QED) is 0.880. The molecule has 1 aromatic heterocycles. The molecule has 0 fully saturated rings. The number of benzene rings is 1. The molecule has 1 atom stereocenters. The average Bonchev–Trinajstić information content (AvgIpc) is 2.82. The molecule has 3 rings (SSSR count). The Morgan fingerprint density at radius 3 is 2.83 bits per heavy atom. The fraction of sp³-hybridized carbons (Fsp3) is 0.429. The molecule has 2 aromatic rings. The maximum Gasteiger partial charge on any atom is 0.221 e. The van der Waals surface area contributed by atoms with Crippen LogP contribution in [0.1, 0.15) is 36.3 Å². The van der Waals surface area contributed by atoms with Gasteiger partial charge in [0.25, 0.3) is 0 Å². The molecule has 0 radical (unpaired) electrons. The molecule has 1 aliphatic rings. The molecule has 1 unspecified atom stereocenters. The van der Waals surface area contributed by atoms with Gasteiger partial charge in [0.1, 0.15) is 0 Å². The molecule has 4 nitrogen and oxygen atoms in total. The van der Waals surface area contributed by atoms with Crippen LogP contribution in [0, 0.1) is 6.92 Å². The second-order valence-corrected chi connectivity index (χ2v) is 4.79. The lowest BCUT2D eigenvalue weighted by molar-refractivity contribution is 0.477. The molecule has 0 spiro atoms. The van der Waals surface area contributed by atoms with Crippen molar-refractivity contribution in [3.63, 3.8) is 0 Å². The van der Waals surface area contributed by atoms with Crippen molar-refractivity contribution in [2.24, 2.45) is 0 Å². The van der Waals surface area contributed by atoms with Crippen molar-refractivity contribution in [1.29, 1.82) is 0 Å². The molecule has 4 heteroatoms. The third kappa shape index (κ3) is 1.88. The van der Waals surface area contributed by atoms with Crippen molar-refractivity contribution >= 4 is 5.95 Å². The van der Waals surface area contributed by atoms with Gasteiger partial charge in [-0.2, -0.15) is 10.1 Å². The molecule has 0 saturated carbocycles. The third-order valence-electron chi connectivity index (χ3n) is 3.45. The van der Waals surface area contributed by atoms with Crippen LogP contribution in [0.2, 0.25) is 0 Å². The van der Waals surface area contributed by atoms with E-state index in [0.29, 0.717) is 6.04 Å². The van der Waals surface area contributed by atoms with Gasteiger partial charge < -0.3 is 5.32 Å². The van der Waals surface area contributed by atoms with Gasteiger partial charge in [0.2, 0.25) is 5.95 Å². The van der Waals surface area contributed by atoms with E-state index in [-0.39, 0.29) is 0 Å². The van der Waals surface area contributed by atoms with Crippen LogP contribution >= 0.6 is 0 Å². The lowest BCUT2D eigenvalue weighted by Gasteiger charge is -2.24. The predicted octanol–water partition coefficient (Wildman–Crippen LogP) is 2.55. The van der Waals surface area contributed by atoms with Crippen molar-refractivity contribution in [2.75, 3.05) is 11.9 Å². The van der Waals surface area contributed by atoms with E-state index < -0.39 is 0 Å². The monoisotopic (exact) mass is 242 g/mol. The van der Waals surface area contributed by atoms with Crippen LogP contribution in [0.4, 0.5) is 5.95 Å². The largest absolute Gasteiger partial charge is 0.354 e. The SMILES string of the molecule is CCc1nc2n(n1)C(c1ccc(C)cc1)CCN2. The maximum atomic E-state index is 4.59. The van der Waals surface area contributed by atoms with Gasteiger partial charge in [-0.15, -0.1) is 0 Å². The van der Waals surface area contributed by atoms with Gasteiger partial charge in [0.15, 0.2) is 5.82 Å². The lowest BCUT2D eigenvalue weighted by atomic mass is 10.0. The standard InChI is InChI=1S/C14H18N4/c1-3-13-16-14-15-9-8-12(18(14)17-13)11-6-4-10(2)5-7-11/h4-7,12H,3,8-9H2,1-2H3,(H,15,16,17). The molecule has 0 bridgehead atoms. The van der Waals surface area contributed by atoms with Gasteiger partial charge in [0.05, 0.1) is 6.04 Å². The Bertz CT molecular complexity index is 541. The highest BCUT2D eigenvalue weighted by molar-refractivity contribution is 5.33. The summed E-state index contributed by atoms with van der Waals surface area (Å²) in [4.78, 5) is 4.50. The molecule has 94 valence electrons. The molecule has 0 aliphatic carbocycles. The number of nitrogens with one attached hydrogen (secondary N) is 1. The zero-order chi connectivity index (χ0) is 12.5. The van der Waals surface area contributed by atoms with Gasteiger partial charge in [-0.1, -0.05) is 36.8 Å². The normalized spacial score (nSPS) is 18.2. The second kappa shape index (κ2) is 4.44. The molecular formula is C14H18N4. The van der Waals surface area contributed by atoms with Crippen molar-refractivity contribution in [3.8, 4) is 0 Å². The summed E-state index contributed by atoms with van der Waals surface area (Å²) in [5.41, 5.74) is 2.61. The third-order valence-corrected chi connectivity index (χ3v) is 3.45. The van der Waals surface area contributed by atoms with E-state index in [1.54, 1.807) is 0 Å². The maximum absolute atomic E-state index is 4.59. The van der Waals surface area contributed by atoms with Gasteiger partial charge in [-0.05, 0) is 18.9 Å². The number of hydrogen-bond acceptors (Lipinski definition) is 3. The average molecular weight is 242 g/mol. The van der Waals surface area contributed by atoms with E-state index in [0.717, 1.165) is 31.2 Å². The van der Waals surface area contributed by atoms with Crippen LogP contribution in [0.25, 0.3) is 0 Å². The van der Waals surface area contributed by atoms with E-state index in [1.165, 1.54) is 11.1 Å². The minimum absolute atomic E-state index is 0.314. The minimum Gasteiger partial charge on any atom is -0.354 e. The zero-order valence-electron chi connectivity index (χ0n) is 10.8. The fourth-order valence-electron chi connectivity index (χ4n) is 2.39. The van der Waals surface area contributed by atoms with Crippen LogP contribution in [-0.2, 0) is 6.42 Å². The molecule has 1 N–H and O–H groups in total. The number of aromatic nitrogens is 3. The van der Waals surface area contributed by atoms with Crippen LogP contribution in [0.15, 0.2) is 24.3 Å². The molecule has 1 aliphatic heterocycles. The Hall–Kier alpha value is -1.84. The van der Waals surface area contributed by atoms with E-state index in [2.05, 4.69) is 53.5 Å². The first-order chi connectivity index (χ1) is 8.78. The molecule has 2 heterocycles. The van der Waals surface area contributed by atoms with Gasteiger partial charge in [-0.3, -0.25) is 0 Å².